The zero-order chi connectivity index (χ0) is 14.3. The fourth-order valence-corrected chi connectivity index (χ4v) is 3.54. The molecule has 0 unspecified atom stereocenters. The molecule has 0 atom stereocenters. The smallest absolute Gasteiger partial charge is 0.192 e. The van der Waals surface area contributed by atoms with Gasteiger partial charge in [0.1, 0.15) is 0 Å². The van der Waals surface area contributed by atoms with Crippen molar-refractivity contribution in [1.82, 2.24) is 0 Å². The summed E-state index contributed by atoms with van der Waals surface area (Å²) in [6, 6.07) is 6.49. The number of hydrogen-bond donors (Lipinski definition) is 0. The minimum absolute atomic E-state index is 0.111. The minimum Gasteiger partial charge on any atom is -0.418 e. The molecule has 3 heteroatoms. The van der Waals surface area contributed by atoms with E-state index in [9.17, 15) is 0 Å². The lowest BCUT2D eigenvalue weighted by Gasteiger charge is -2.24. The van der Waals surface area contributed by atoms with E-state index in [4.69, 9.17) is 9.16 Å². The molecule has 0 amide bonds. The average Bonchev–Trinajstić information content (AvgIpc) is 2.34. The topological polar surface area (TPSA) is 18.5 Å². The van der Waals surface area contributed by atoms with E-state index in [-0.39, 0.29) is 5.41 Å². The van der Waals surface area contributed by atoms with Crippen molar-refractivity contribution in [2.24, 2.45) is 5.41 Å². The van der Waals surface area contributed by atoms with Gasteiger partial charge in [0.05, 0.1) is 6.61 Å². The van der Waals surface area contributed by atoms with Gasteiger partial charge in [0, 0.05) is 18.6 Å². The first-order valence-corrected chi connectivity index (χ1v) is 8.45. The summed E-state index contributed by atoms with van der Waals surface area (Å²) in [6.45, 7) is 13.3. The van der Waals surface area contributed by atoms with Crippen LogP contribution in [-0.2, 0) is 9.16 Å². The van der Waals surface area contributed by atoms with Gasteiger partial charge in [-0.15, -0.1) is 0 Å². The van der Waals surface area contributed by atoms with Crippen molar-refractivity contribution in [3.05, 3.63) is 29.3 Å². The second-order valence-electron chi connectivity index (χ2n) is 6.07. The summed E-state index contributed by atoms with van der Waals surface area (Å²) in [5.74, 6) is 0. The molecule has 0 saturated heterocycles. The zero-order valence-electron chi connectivity index (χ0n) is 13.1. The molecule has 1 aromatic rings. The molecule has 0 bridgehead atoms. The van der Waals surface area contributed by atoms with Crippen LogP contribution in [0.2, 0.25) is 0 Å². The third-order valence-corrected chi connectivity index (χ3v) is 4.79. The maximum absolute atomic E-state index is 6.01. The summed E-state index contributed by atoms with van der Waals surface area (Å²) in [5, 5.41) is 1.42. The maximum atomic E-state index is 6.01. The number of rotatable bonds is 8. The Hall–Kier alpha value is -0.643. The van der Waals surface area contributed by atoms with Crippen LogP contribution < -0.4 is 5.19 Å². The number of benzene rings is 1. The Morgan fingerprint density at radius 1 is 1.16 bits per heavy atom. The molecule has 2 nitrogen and oxygen atoms in total. The Morgan fingerprint density at radius 3 is 2.58 bits per heavy atom. The monoisotopic (exact) mass is 280 g/mol. The first kappa shape index (κ1) is 16.4. The molecule has 0 radical (unpaired) electrons. The van der Waals surface area contributed by atoms with Crippen LogP contribution >= 0.6 is 0 Å². The van der Waals surface area contributed by atoms with Gasteiger partial charge in [-0.25, -0.2) is 0 Å². The lowest BCUT2D eigenvalue weighted by atomic mass is 9.97. The predicted molar refractivity (Wildman–Crippen MR) is 84.9 cm³/mol. The van der Waals surface area contributed by atoms with E-state index < -0.39 is 9.76 Å². The van der Waals surface area contributed by atoms with E-state index in [2.05, 4.69) is 52.8 Å². The van der Waals surface area contributed by atoms with Gasteiger partial charge in [0.2, 0.25) is 0 Å². The van der Waals surface area contributed by atoms with Gasteiger partial charge in [-0.3, -0.25) is 0 Å². The standard InChI is InChI=1S/C16H28O2Si/c1-6-10-17-11-16(4,5)12-18-19-15-9-7-8-13(2)14(15)3/h7-9H,6,10-12,19H2,1-5H3. The van der Waals surface area contributed by atoms with E-state index in [1.54, 1.807) is 0 Å². The quantitative estimate of drug-likeness (QED) is 0.538. The van der Waals surface area contributed by atoms with Gasteiger partial charge in [-0.2, -0.15) is 0 Å². The minimum atomic E-state index is -0.626. The molecule has 0 fully saturated rings. The van der Waals surface area contributed by atoms with Crippen LogP contribution in [0, 0.1) is 19.3 Å². The van der Waals surface area contributed by atoms with Crippen molar-refractivity contribution in [2.75, 3.05) is 19.8 Å². The molecule has 1 rings (SSSR count). The predicted octanol–water partition coefficient (Wildman–Crippen LogP) is 2.48. The summed E-state index contributed by atoms with van der Waals surface area (Å²) in [5.41, 5.74) is 2.87. The fraction of sp³-hybridized carbons (Fsp3) is 0.625. The summed E-state index contributed by atoms with van der Waals surface area (Å²) in [6.07, 6.45) is 1.08. The van der Waals surface area contributed by atoms with E-state index in [1.807, 2.05) is 0 Å². The van der Waals surface area contributed by atoms with Crippen LogP contribution in [-0.4, -0.2) is 29.6 Å². The molecule has 0 aliphatic carbocycles. The second kappa shape index (κ2) is 7.83. The van der Waals surface area contributed by atoms with Gasteiger partial charge in [-0.1, -0.05) is 39.0 Å². The molecule has 108 valence electrons. The van der Waals surface area contributed by atoms with E-state index in [0.717, 1.165) is 26.2 Å². The highest BCUT2D eigenvalue weighted by atomic mass is 28.2. The van der Waals surface area contributed by atoms with Crippen LogP contribution in [0.25, 0.3) is 0 Å². The molecule has 0 spiro atoms. The Bertz CT molecular complexity index is 388. The van der Waals surface area contributed by atoms with Crippen molar-refractivity contribution < 1.29 is 9.16 Å². The molecule has 19 heavy (non-hydrogen) atoms. The largest absolute Gasteiger partial charge is 0.418 e. The molecule has 0 saturated carbocycles. The highest BCUT2D eigenvalue weighted by molar-refractivity contribution is 6.47. The van der Waals surface area contributed by atoms with Gasteiger partial charge in [0.15, 0.2) is 9.76 Å². The van der Waals surface area contributed by atoms with Crippen molar-refractivity contribution in [2.45, 2.75) is 41.0 Å². The van der Waals surface area contributed by atoms with Crippen LogP contribution in [0.1, 0.15) is 38.3 Å². The highest BCUT2D eigenvalue weighted by Gasteiger charge is 2.18. The Labute approximate surface area is 120 Å². The van der Waals surface area contributed by atoms with Crippen LogP contribution in [0.3, 0.4) is 0 Å². The lowest BCUT2D eigenvalue weighted by Crippen LogP contribution is -2.30. The van der Waals surface area contributed by atoms with Gasteiger partial charge in [0.25, 0.3) is 0 Å². The van der Waals surface area contributed by atoms with Gasteiger partial charge < -0.3 is 9.16 Å². The number of ether oxygens (including phenoxy) is 1. The highest BCUT2D eigenvalue weighted by Crippen LogP contribution is 2.15. The second-order valence-corrected chi connectivity index (χ2v) is 7.53. The van der Waals surface area contributed by atoms with Crippen molar-refractivity contribution in [3.8, 4) is 0 Å². The first-order chi connectivity index (χ1) is 8.96. The molecule has 0 aliphatic rings. The molecule has 0 aromatic heterocycles. The Balaban J connectivity index is 2.38. The molecular weight excluding hydrogens is 252 g/mol. The van der Waals surface area contributed by atoms with Gasteiger partial charge >= 0.3 is 0 Å². The SMILES string of the molecule is CCCOCC(C)(C)CO[SiH2]c1cccc(C)c1C. The summed E-state index contributed by atoms with van der Waals surface area (Å²) < 4.78 is 11.6. The Kier molecular flexibility index (Phi) is 6.76. The first-order valence-electron chi connectivity index (χ1n) is 7.17. The van der Waals surface area contributed by atoms with Crippen molar-refractivity contribution in [3.63, 3.8) is 0 Å². The van der Waals surface area contributed by atoms with Crippen molar-refractivity contribution >= 4 is 14.9 Å². The fourth-order valence-electron chi connectivity index (χ4n) is 1.94. The summed E-state index contributed by atoms with van der Waals surface area (Å²) in [7, 11) is -0.626. The third kappa shape index (κ3) is 5.89. The van der Waals surface area contributed by atoms with Gasteiger partial charge in [-0.05, 0) is 36.6 Å². The Morgan fingerprint density at radius 2 is 1.89 bits per heavy atom. The summed E-state index contributed by atoms with van der Waals surface area (Å²) in [4.78, 5) is 0. The van der Waals surface area contributed by atoms with E-state index >= 15 is 0 Å². The lowest BCUT2D eigenvalue weighted by molar-refractivity contribution is 0.0362. The van der Waals surface area contributed by atoms with Crippen molar-refractivity contribution in [1.29, 1.82) is 0 Å². The molecule has 0 N–H and O–H groups in total. The molecule has 0 heterocycles. The third-order valence-electron chi connectivity index (χ3n) is 3.31. The van der Waals surface area contributed by atoms with E-state index in [1.165, 1.54) is 16.3 Å². The van der Waals surface area contributed by atoms with E-state index in [0.29, 0.717) is 0 Å². The van der Waals surface area contributed by atoms with Crippen LogP contribution in [0.4, 0.5) is 0 Å². The molecular formula is C16H28O2Si. The number of aryl methyl sites for hydroxylation is 1. The molecule has 0 aliphatic heterocycles. The maximum Gasteiger partial charge on any atom is 0.192 e. The van der Waals surface area contributed by atoms with Crippen LogP contribution in [0.5, 0.6) is 0 Å². The zero-order valence-corrected chi connectivity index (χ0v) is 14.5. The molecule has 1 aromatic carbocycles. The van der Waals surface area contributed by atoms with Crippen LogP contribution in [0.15, 0.2) is 18.2 Å². The normalized spacial score (nSPS) is 12.5. The average molecular weight is 280 g/mol. The summed E-state index contributed by atoms with van der Waals surface area (Å²) >= 11 is 0. The number of hydrogen-bond acceptors (Lipinski definition) is 2.